The molecule has 0 unspecified atom stereocenters. The molecule has 2 heterocycles. The Labute approximate surface area is 164 Å². The molecule has 0 radical (unpaired) electrons. The molecule has 1 aromatic carbocycles. The molecule has 0 atom stereocenters. The number of aromatic nitrogens is 1. The summed E-state index contributed by atoms with van der Waals surface area (Å²) in [5.74, 6) is 0.224. The molecule has 0 aliphatic carbocycles. The lowest BCUT2D eigenvalue weighted by Gasteiger charge is -2.33. The summed E-state index contributed by atoms with van der Waals surface area (Å²) < 4.78 is 5.00. The first-order valence-corrected chi connectivity index (χ1v) is 9.44. The number of carbonyl (C=O) groups excluding carboxylic acids is 2. The Morgan fingerprint density at radius 1 is 1.00 bits per heavy atom. The first-order valence-electron chi connectivity index (χ1n) is 9.44. The molecule has 28 heavy (non-hydrogen) atoms. The zero-order chi connectivity index (χ0) is 20.1. The van der Waals surface area contributed by atoms with Crippen molar-refractivity contribution in [1.29, 1.82) is 0 Å². The SMILES string of the molecule is Cc1cc(NC(=O)CN2CCN(CC(=O)Nc3cccc(C)c3C)CC2)on1. The summed E-state index contributed by atoms with van der Waals surface area (Å²) in [6.45, 7) is 9.45. The van der Waals surface area contributed by atoms with Crippen LogP contribution in [0.3, 0.4) is 0 Å². The predicted molar refractivity (Wildman–Crippen MR) is 107 cm³/mol. The van der Waals surface area contributed by atoms with Gasteiger partial charge in [0.25, 0.3) is 0 Å². The van der Waals surface area contributed by atoms with Crippen molar-refractivity contribution in [2.45, 2.75) is 20.8 Å². The Morgan fingerprint density at radius 2 is 1.61 bits per heavy atom. The smallest absolute Gasteiger partial charge is 0.240 e. The molecule has 1 aliphatic rings. The molecule has 8 nitrogen and oxygen atoms in total. The number of anilines is 2. The summed E-state index contributed by atoms with van der Waals surface area (Å²) in [7, 11) is 0. The minimum atomic E-state index is -0.128. The minimum Gasteiger partial charge on any atom is -0.338 e. The van der Waals surface area contributed by atoms with Crippen LogP contribution in [-0.2, 0) is 9.59 Å². The number of piperazine rings is 1. The molecule has 2 N–H and O–H groups in total. The predicted octanol–water partition coefficient (Wildman–Crippen LogP) is 1.79. The third-order valence-electron chi connectivity index (χ3n) is 4.97. The average molecular weight is 385 g/mol. The van der Waals surface area contributed by atoms with E-state index in [9.17, 15) is 9.59 Å². The van der Waals surface area contributed by atoms with Crippen LogP contribution in [0.4, 0.5) is 11.6 Å². The van der Waals surface area contributed by atoms with E-state index in [1.165, 1.54) is 0 Å². The van der Waals surface area contributed by atoms with Crippen molar-refractivity contribution in [3.05, 3.63) is 41.1 Å². The van der Waals surface area contributed by atoms with Crippen molar-refractivity contribution in [2.24, 2.45) is 0 Å². The normalized spacial score (nSPS) is 15.4. The number of carbonyl (C=O) groups is 2. The molecule has 0 saturated carbocycles. The summed E-state index contributed by atoms with van der Waals surface area (Å²) in [6.07, 6.45) is 0. The highest BCUT2D eigenvalue weighted by Gasteiger charge is 2.21. The van der Waals surface area contributed by atoms with Crippen molar-refractivity contribution in [3.63, 3.8) is 0 Å². The first kappa shape index (κ1) is 20.0. The molecule has 150 valence electrons. The second-order valence-corrected chi connectivity index (χ2v) is 7.23. The fraction of sp³-hybridized carbons (Fsp3) is 0.450. The topological polar surface area (TPSA) is 90.7 Å². The van der Waals surface area contributed by atoms with Crippen LogP contribution in [0.15, 0.2) is 28.8 Å². The average Bonchev–Trinajstić information content (AvgIpc) is 3.05. The van der Waals surface area contributed by atoms with Crippen LogP contribution in [0, 0.1) is 20.8 Å². The van der Waals surface area contributed by atoms with Gasteiger partial charge in [0.2, 0.25) is 17.7 Å². The molecule has 0 spiro atoms. The molecule has 0 bridgehead atoms. The number of nitrogens with zero attached hydrogens (tertiary/aromatic N) is 3. The Hall–Kier alpha value is -2.71. The van der Waals surface area contributed by atoms with E-state index in [4.69, 9.17) is 4.52 Å². The van der Waals surface area contributed by atoms with Crippen LogP contribution < -0.4 is 10.6 Å². The van der Waals surface area contributed by atoms with E-state index in [1.54, 1.807) is 13.0 Å². The van der Waals surface area contributed by atoms with E-state index in [0.29, 0.717) is 19.0 Å². The Morgan fingerprint density at radius 3 is 2.18 bits per heavy atom. The van der Waals surface area contributed by atoms with Gasteiger partial charge in [0, 0.05) is 37.9 Å². The van der Waals surface area contributed by atoms with Gasteiger partial charge in [-0.1, -0.05) is 17.3 Å². The van der Waals surface area contributed by atoms with Crippen LogP contribution >= 0.6 is 0 Å². The fourth-order valence-electron chi connectivity index (χ4n) is 3.19. The standard InChI is InChI=1S/C20H27N5O3/c1-14-5-4-6-17(16(14)3)21-18(26)12-24-7-9-25(10-8-24)13-19(27)22-20-11-15(2)23-28-20/h4-6,11H,7-10,12-13H2,1-3H3,(H,21,26)(H,22,27). The monoisotopic (exact) mass is 385 g/mol. The summed E-state index contributed by atoms with van der Waals surface area (Å²) in [5, 5.41) is 9.45. The van der Waals surface area contributed by atoms with Gasteiger partial charge in [0.15, 0.2) is 0 Å². The van der Waals surface area contributed by atoms with Gasteiger partial charge in [0.05, 0.1) is 18.8 Å². The van der Waals surface area contributed by atoms with Gasteiger partial charge in [-0.3, -0.25) is 24.7 Å². The largest absolute Gasteiger partial charge is 0.338 e. The Balaban J connectivity index is 1.40. The lowest BCUT2D eigenvalue weighted by atomic mass is 10.1. The van der Waals surface area contributed by atoms with E-state index in [2.05, 4.69) is 25.6 Å². The van der Waals surface area contributed by atoms with Gasteiger partial charge in [-0.15, -0.1) is 0 Å². The number of hydrogen-bond acceptors (Lipinski definition) is 6. The molecule has 1 fully saturated rings. The van der Waals surface area contributed by atoms with Crippen molar-refractivity contribution < 1.29 is 14.1 Å². The molecule has 1 saturated heterocycles. The molecule has 3 rings (SSSR count). The lowest BCUT2D eigenvalue weighted by Crippen LogP contribution is -2.50. The van der Waals surface area contributed by atoms with Crippen molar-refractivity contribution in [3.8, 4) is 0 Å². The van der Waals surface area contributed by atoms with E-state index < -0.39 is 0 Å². The van der Waals surface area contributed by atoms with Gasteiger partial charge in [-0.2, -0.15) is 0 Å². The number of aryl methyl sites for hydroxylation is 2. The first-order chi connectivity index (χ1) is 13.4. The van der Waals surface area contributed by atoms with Crippen molar-refractivity contribution >= 4 is 23.4 Å². The van der Waals surface area contributed by atoms with Gasteiger partial charge in [-0.25, -0.2) is 0 Å². The summed E-state index contributed by atoms with van der Waals surface area (Å²) in [6, 6.07) is 7.59. The van der Waals surface area contributed by atoms with Gasteiger partial charge in [0.1, 0.15) is 0 Å². The van der Waals surface area contributed by atoms with Crippen LogP contribution in [0.5, 0.6) is 0 Å². The highest BCUT2D eigenvalue weighted by molar-refractivity contribution is 5.93. The van der Waals surface area contributed by atoms with Gasteiger partial charge < -0.3 is 9.84 Å². The molecule has 2 aromatic rings. The maximum absolute atomic E-state index is 12.4. The number of hydrogen-bond donors (Lipinski definition) is 2. The summed E-state index contributed by atoms with van der Waals surface area (Å²) in [5.41, 5.74) is 3.84. The van der Waals surface area contributed by atoms with Gasteiger partial charge in [-0.05, 0) is 38.0 Å². The van der Waals surface area contributed by atoms with E-state index in [-0.39, 0.29) is 11.8 Å². The maximum Gasteiger partial charge on any atom is 0.240 e. The number of benzene rings is 1. The number of nitrogens with one attached hydrogen (secondary N) is 2. The summed E-state index contributed by atoms with van der Waals surface area (Å²) in [4.78, 5) is 28.6. The van der Waals surface area contributed by atoms with Crippen LogP contribution in [-0.4, -0.2) is 66.0 Å². The fourth-order valence-corrected chi connectivity index (χ4v) is 3.19. The van der Waals surface area contributed by atoms with Crippen LogP contribution in [0.1, 0.15) is 16.8 Å². The molecular formula is C20H27N5O3. The Bertz CT molecular complexity index is 840. The van der Waals surface area contributed by atoms with E-state index in [1.807, 2.05) is 32.0 Å². The highest BCUT2D eigenvalue weighted by Crippen LogP contribution is 2.18. The Kier molecular flexibility index (Phi) is 6.43. The van der Waals surface area contributed by atoms with Crippen molar-refractivity contribution in [2.75, 3.05) is 49.9 Å². The molecule has 1 aliphatic heterocycles. The lowest BCUT2D eigenvalue weighted by molar-refractivity contribution is -0.120. The molecular weight excluding hydrogens is 358 g/mol. The minimum absolute atomic E-state index is 0.0133. The highest BCUT2D eigenvalue weighted by atomic mass is 16.5. The quantitative estimate of drug-likeness (QED) is 0.788. The molecule has 8 heteroatoms. The van der Waals surface area contributed by atoms with E-state index >= 15 is 0 Å². The third kappa shape index (κ3) is 5.40. The number of amides is 2. The zero-order valence-electron chi connectivity index (χ0n) is 16.6. The third-order valence-corrected chi connectivity index (χ3v) is 4.97. The summed E-state index contributed by atoms with van der Waals surface area (Å²) >= 11 is 0. The maximum atomic E-state index is 12.4. The van der Waals surface area contributed by atoms with Crippen LogP contribution in [0.2, 0.25) is 0 Å². The molecule has 1 aromatic heterocycles. The van der Waals surface area contributed by atoms with Gasteiger partial charge >= 0.3 is 0 Å². The second kappa shape index (κ2) is 8.99. The zero-order valence-corrected chi connectivity index (χ0v) is 16.6. The van der Waals surface area contributed by atoms with Crippen molar-refractivity contribution in [1.82, 2.24) is 15.0 Å². The van der Waals surface area contributed by atoms with Crippen LogP contribution in [0.25, 0.3) is 0 Å². The second-order valence-electron chi connectivity index (χ2n) is 7.23. The number of rotatable bonds is 6. The molecule has 2 amide bonds. The van der Waals surface area contributed by atoms with E-state index in [0.717, 1.165) is 48.7 Å².